The van der Waals surface area contributed by atoms with Crippen LogP contribution in [0, 0.1) is 5.41 Å². The van der Waals surface area contributed by atoms with Crippen molar-refractivity contribution in [1.82, 2.24) is 5.43 Å². The first-order valence-corrected chi connectivity index (χ1v) is 4.54. The highest BCUT2D eigenvalue weighted by atomic mass is 35.5. The Hall–Kier alpha value is -0.510. The zero-order chi connectivity index (χ0) is 10.1. The molecule has 0 aliphatic carbocycles. The molecule has 0 fully saturated rings. The van der Waals surface area contributed by atoms with Gasteiger partial charge in [-0.25, -0.2) is 5.43 Å². The number of rotatable bonds is 2. The van der Waals surface area contributed by atoms with E-state index < -0.39 is 0 Å². The zero-order valence-corrected chi connectivity index (χ0v) is 8.85. The van der Waals surface area contributed by atoms with E-state index in [1.807, 2.05) is 6.07 Å². The first kappa shape index (κ1) is 10.6. The molecule has 1 aromatic rings. The second-order valence-electron chi connectivity index (χ2n) is 4.11. The van der Waals surface area contributed by atoms with Crippen molar-refractivity contribution in [2.75, 3.05) is 0 Å². The molecule has 0 bridgehead atoms. The summed E-state index contributed by atoms with van der Waals surface area (Å²) in [7, 11) is 0. The average molecular weight is 203 g/mol. The van der Waals surface area contributed by atoms with Crippen LogP contribution in [0.2, 0.25) is 5.22 Å². The van der Waals surface area contributed by atoms with Gasteiger partial charge < -0.3 is 4.42 Å². The molecule has 0 spiro atoms. The molecule has 1 heterocycles. The van der Waals surface area contributed by atoms with Gasteiger partial charge in [-0.05, 0) is 29.1 Å². The summed E-state index contributed by atoms with van der Waals surface area (Å²) in [6, 6.07) is 3.52. The van der Waals surface area contributed by atoms with Crippen LogP contribution in [0.25, 0.3) is 0 Å². The molecule has 3 nitrogen and oxygen atoms in total. The topological polar surface area (TPSA) is 51.2 Å². The normalized spacial score (nSPS) is 14.5. The van der Waals surface area contributed by atoms with Crippen LogP contribution >= 0.6 is 11.6 Å². The molecule has 74 valence electrons. The maximum atomic E-state index is 5.68. The number of nitrogens with one attached hydrogen (secondary N) is 1. The molecule has 0 radical (unpaired) electrons. The van der Waals surface area contributed by atoms with E-state index in [2.05, 4.69) is 26.2 Å². The fourth-order valence-electron chi connectivity index (χ4n) is 1.24. The molecule has 1 rings (SSSR count). The Kier molecular flexibility index (Phi) is 3.01. The van der Waals surface area contributed by atoms with Gasteiger partial charge in [-0.2, -0.15) is 0 Å². The Labute approximate surface area is 83.2 Å². The Morgan fingerprint density at radius 3 is 2.38 bits per heavy atom. The molecule has 1 aromatic heterocycles. The van der Waals surface area contributed by atoms with E-state index in [4.69, 9.17) is 21.9 Å². The molecular formula is C9H15ClN2O. The van der Waals surface area contributed by atoms with Crippen molar-refractivity contribution in [3.05, 3.63) is 23.1 Å². The predicted molar refractivity (Wildman–Crippen MR) is 53.2 cm³/mol. The number of nitrogens with two attached hydrogens (primary N) is 1. The maximum absolute atomic E-state index is 5.68. The third-order valence-corrected chi connectivity index (χ3v) is 2.11. The molecule has 13 heavy (non-hydrogen) atoms. The third kappa shape index (κ3) is 2.46. The molecule has 1 atom stereocenters. The van der Waals surface area contributed by atoms with Crippen molar-refractivity contribution in [2.24, 2.45) is 11.3 Å². The van der Waals surface area contributed by atoms with Gasteiger partial charge in [-0.15, -0.1) is 0 Å². The van der Waals surface area contributed by atoms with Gasteiger partial charge >= 0.3 is 0 Å². The van der Waals surface area contributed by atoms with Crippen molar-refractivity contribution < 1.29 is 4.42 Å². The highest BCUT2D eigenvalue weighted by molar-refractivity contribution is 6.28. The summed E-state index contributed by atoms with van der Waals surface area (Å²) in [5, 5.41) is 0.388. The van der Waals surface area contributed by atoms with Gasteiger partial charge in [-0.1, -0.05) is 20.8 Å². The van der Waals surface area contributed by atoms with Gasteiger partial charge in [0.15, 0.2) is 5.22 Å². The van der Waals surface area contributed by atoms with E-state index in [-0.39, 0.29) is 11.5 Å². The molecule has 0 amide bonds. The predicted octanol–water partition coefficient (Wildman–Crippen LogP) is 2.48. The van der Waals surface area contributed by atoms with Gasteiger partial charge in [0.25, 0.3) is 0 Å². The lowest BCUT2D eigenvalue weighted by atomic mass is 9.86. The molecule has 3 N–H and O–H groups in total. The van der Waals surface area contributed by atoms with E-state index >= 15 is 0 Å². The maximum Gasteiger partial charge on any atom is 0.193 e. The van der Waals surface area contributed by atoms with Gasteiger partial charge in [0.05, 0.1) is 6.04 Å². The lowest BCUT2D eigenvalue weighted by molar-refractivity contribution is 0.240. The van der Waals surface area contributed by atoms with E-state index in [0.717, 1.165) is 5.76 Å². The Morgan fingerprint density at radius 1 is 1.46 bits per heavy atom. The summed E-state index contributed by atoms with van der Waals surface area (Å²) in [5.74, 6) is 6.21. The number of hydrogen-bond donors (Lipinski definition) is 2. The van der Waals surface area contributed by atoms with Crippen molar-refractivity contribution in [3.8, 4) is 0 Å². The summed E-state index contributed by atoms with van der Waals surface area (Å²) >= 11 is 5.68. The minimum atomic E-state index is -0.0278. The van der Waals surface area contributed by atoms with Crippen LogP contribution in [0.1, 0.15) is 32.6 Å². The monoisotopic (exact) mass is 202 g/mol. The molecule has 0 aliphatic heterocycles. The summed E-state index contributed by atoms with van der Waals surface area (Å²) in [6.45, 7) is 6.23. The quantitative estimate of drug-likeness (QED) is 0.572. The van der Waals surface area contributed by atoms with E-state index in [1.54, 1.807) is 6.07 Å². The van der Waals surface area contributed by atoms with Gasteiger partial charge in [0.1, 0.15) is 5.76 Å². The lowest BCUT2D eigenvalue weighted by Gasteiger charge is -2.27. The first-order chi connectivity index (χ1) is 5.95. The minimum absolute atomic E-state index is 0.00404. The van der Waals surface area contributed by atoms with Gasteiger partial charge in [0.2, 0.25) is 0 Å². The average Bonchev–Trinajstić information content (AvgIpc) is 2.34. The fraction of sp³-hybridized carbons (Fsp3) is 0.556. The molecule has 0 aromatic carbocycles. The molecule has 1 unspecified atom stereocenters. The van der Waals surface area contributed by atoms with Gasteiger partial charge in [-0.3, -0.25) is 5.84 Å². The summed E-state index contributed by atoms with van der Waals surface area (Å²) in [4.78, 5) is 0. The van der Waals surface area contributed by atoms with Crippen LogP contribution < -0.4 is 11.3 Å². The highest BCUT2D eigenvalue weighted by Gasteiger charge is 2.27. The van der Waals surface area contributed by atoms with Gasteiger partial charge in [0, 0.05) is 0 Å². The molecule has 0 saturated carbocycles. The summed E-state index contributed by atoms with van der Waals surface area (Å²) < 4.78 is 5.29. The number of hydrogen-bond acceptors (Lipinski definition) is 3. The Balaban J connectivity index is 2.91. The zero-order valence-electron chi connectivity index (χ0n) is 8.10. The molecule has 0 aliphatic rings. The SMILES string of the molecule is CC(C)(C)C(NN)c1ccc(Cl)o1. The first-order valence-electron chi connectivity index (χ1n) is 4.16. The molecule has 4 heteroatoms. The number of halogens is 1. The summed E-state index contributed by atoms with van der Waals surface area (Å²) in [6.07, 6.45) is 0. The van der Waals surface area contributed by atoms with Crippen molar-refractivity contribution in [1.29, 1.82) is 0 Å². The van der Waals surface area contributed by atoms with Crippen molar-refractivity contribution in [3.63, 3.8) is 0 Å². The Bertz CT molecular complexity index is 277. The van der Waals surface area contributed by atoms with Crippen molar-refractivity contribution >= 4 is 11.6 Å². The number of furan rings is 1. The molecule has 0 saturated heterocycles. The lowest BCUT2D eigenvalue weighted by Crippen LogP contribution is -2.36. The van der Waals surface area contributed by atoms with Crippen LogP contribution in [0.15, 0.2) is 16.5 Å². The largest absolute Gasteiger partial charge is 0.448 e. The van der Waals surface area contributed by atoms with Crippen LogP contribution in [0.5, 0.6) is 0 Å². The molecular weight excluding hydrogens is 188 g/mol. The third-order valence-electron chi connectivity index (χ3n) is 1.91. The second kappa shape index (κ2) is 3.70. The Morgan fingerprint density at radius 2 is 2.08 bits per heavy atom. The smallest absolute Gasteiger partial charge is 0.193 e. The van der Waals surface area contributed by atoms with E-state index in [9.17, 15) is 0 Å². The van der Waals surface area contributed by atoms with Crippen LogP contribution in [-0.4, -0.2) is 0 Å². The van der Waals surface area contributed by atoms with E-state index in [0.29, 0.717) is 5.22 Å². The standard InChI is InChI=1S/C9H15ClN2O/c1-9(2,3)8(12-11)6-4-5-7(10)13-6/h4-5,8,12H,11H2,1-3H3. The van der Waals surface area contributed by atoms with Crippen LogP contribution in [-0.2, 0) is 0 Å². The number of hydrazine groups is 1. The highest BCUT2D eigenvalue weighted by Crippen LogP contribution is 2.33. The minimum Gasteiger partial charge on any atom is -0.448 e. The summed E-state index contributed by atoms with van der Waals surface area (Å²) in [5.41, 5.74) is 2.72. The van der Waals surface area contributed by atoms with Crippen molar-refractivity contribution in [2.45, 2.75) is 26.8 Å². The fourth-order valence-corrected chi connectivity index (χ4v) is 1.39. The van der Waals surface area contributed by atoms with E-state index in [1.165, 1.54) is 0 Å². The second-order valence-corrected chi connectivity index (χ2v) is 4.48. The van der Waals surface area contributed by atoms with Crippen LogP contribution in [0.3, 0.4) is 0 Å². The van der Waals surface area contributed by atoms with Crippen LogP contribution in [0.4, 0.5) is 0 Å².